The molecule has 30 heavy (non-hydrogen) atoms. The van der Waals surface area contributed by atoms with Crippen LogP contribution in [0.25, 0.3) is 0 Å². The maximum absolute atomic E-state index is 14.6. The van der Waals surface area contributed by atoms with E-state index in [1.807, 2.05) is 42.8 Å². The fourth-order valence-electron chi connectivity index (χ4n) is 4.86. The number of carbonyl (C=O) groups is 2. The van der Waals surface area contributed by atoms with Gasteiger partial charge < -0.3 is 14.8 Å². The lowest BCUT2D eigenvalue weighted by atomic mass is 9.74. The number of hydrogen-bond acceptors (Lipinski definition) is 3. The van der Waals surface area contributed by atoms with Gasteiger partial charge in [0, 0.05) is 31.7 Å². The van der Waals surface area contributed by atoms with E-state index in [2.05, 4.69) is 10.3 Å². The largest absolute Gasteiger partial charge is 0.336 e. The van der Waals surface area contributed by atoms with Crippen LogP contribution in [0.2, 0.25) is 0 Å². The van der Waals surface area contributed by atoms with E-state index < -0.39 is 23.2 Å². The molecule has 1 N–H and O–H groups in total. The van der Waals surface area contributed by atoms with Gasteiger partial charge in [0.1, 0.15) is 23.1 Å². The SMILES string of the molecule is Cc1ccc(F)c(C(=O)N2CC[C@]3(C(=O)Nc4ccccc43)[C@@H]2c2nccn2C)c1. The van der Waals surface area contributed by atoms with Gasteiger partial charge in [0.05, 0.1) is 5.56 Å². The zero-order valence-electron chi connectivity index (χ0n) is 16.7. The zero-order chi connectivity index (χ0) is 21.0. The first-order chi connectivity index (χ1) is 14.4. The van der Waals surface area contributed by atoms with Gasteiger partial charge in [0.15, 0.2) is 0 Å². The van der Waals surface area contributed by atoms with E-state index in [-0.39, 0.29) is 11.5 Å². The number of imidazole rings is 1. The molecule has 2 aliphatic rings. The maximum atomic E-state index is 14.6. The highest BCUT2D eigenvalue weighted by Gasteiger charge is 2.60. The molecule has 7 heteroatoms. The molecule has 0 aliphatic carbocycles. The number of hydrogen-bond donors (Lipinski definition) is 1. The minimum atomic E-state index is -0.967. The highest BCUT2D eigenvalue weighted by Crippen LogP contribution is 2.54. The van der Waals surface area contributed by atoms with Crippen molar-refractivity contribution >= 4 is 17.5 Å². The van der Waals surface area contributed by atoms with Crippen LogP contribution in [0.15, 0.2) is 54.9 Å². The summed E-state index contributed by atoms with van der Waals surface area (Å²) in [5.74, 6) is -0.558. The third-order valence-electron chi connectivity index (χ3n) is 6.30. The Balaban J connectivity index is 1.69. The molecule has 0 radical (unpaired) electrons. The van der Waals surface area contributed by atoms with Crippen LogP contribution in [-0.2, 0) is 17.3 Å². The van der Waals surface area contributed by atoms with Gasteiger partial charge in [-0.1, -0.05) is 29.8 Å². The van der Waals surface area contributed by atoms with Crippen molar-refractivity contribution in [2.45, 2.75) is 24.8 Å². The van der Waals surface area contributed by atoms with Crippen LogP contribution in [0.1, 0.15) is 39.8 Å². The number of amides is 2. The Morgan fingerprint density at radius 3 is 2.83 bits per heavy atom. The highest BCUT2D eigenvalue weighted by molar-refractivity contribution is 6.08. The Bertz CT molecular complexity index is 1190. The number of aryl methyl sites for hydroxylation is 2. The van der Waals surface area contributed by atoms with Crippen LogP contribution in [0.5, 0.6) is 0 Å². The van der Waals surface area contributed by atoms with Crippen LogP contribution in [0, 0.1) is 12.7 Å². The topological polar surface area (TPSA) is 67.2 Å². The molecule has 0 bridgehead atoms. The van der Waals surface area contributed by atoms with Crippen LogP contribution >= 0.6 is 0 Å². The van der Waals surface area contributed by atoms with Gasteiger partial charge in [0.2, 0.25) is 5.91 Å². The van der Waals surface area contributed by atoms with Gasteiger partial charge in [-0.15, -0.1) is 0 Å². The van der Waals surface area contributed by atoms with Crippen LogP contribution in [0.4, 0.5) is 10.1 Å². The van der Waals surface area contributed by atoms with Gasteiger partial charge in [-0.3, -0.25) is 9.59 Å². The second-order valence-electron chi connectivity index (χ2n) is 8.00. The third-order valence-corrected chi connectivity index (χ3v) is 6.30. The van der Waals surface area contributed by atoms with Crippen molar-refractivity contribution in [1.29, 1.82) is 0 Å². The van der Waals surface area contributed by atoms with Crippen molar-refractivity contribution < 1.29 is 14.0 Å². The van der Waals surface area contributed by atoms with Crippen molar-refractivity contribution in [2.75, 3.05) is 11.9 Å². The minimum Gasteiger partial charge on any atom is -0.336 e. The van der Waals surface area contributed by atoms with Gasteiger partial charge in [-0.05, 0) is 37.1 Å². The number of aromatic nitrogens is 2. The lowest BCUT2D eigenvalue weighted by molar-refractivity contribution is -0.121. The zero-order valence-corrected chi connectivity index (χ0v) is 16.7. The minimum absolute atomic E-state index is 0.0120. The molecule has 1 saturated heterocycles. The van der Waals surface area contributed by atoms with E-state index in [0.29, 0.717) is 18.8 Å². The number of para-hydroxylation sites is 1. The first-order valence-electron chi connectivity index (χ1n) is 9.89. The smallest absolute Gasteiger partial charge is 0.257 e. The summed E-state index contributed by atoms with van der Waals surface area (Å²) in [5, 5.41) is 2.97. The average Bonchev–Trinajstić information content (AvgIpc) is 3.40. The fraction of sp³-hybridized carbons (Fsp3) is 0.261. The Morgan fingerprint density at radius 1 is 1.27 bits per heavy atom. The van der Waals surface area contributed by atoms with E-state index >= 15 is 0 Å². The summed E-state index contributed by atoms with van der Waals surface area (Å²) >= 11 is 0. The summed E-state index contributed by atoms with van der Waals surface area (Å²) in [4.78, 5) is 32.9. The van der Waals surface area contributed by atoms with Crippen molar-refractivity contribution in [3.05, 3.63) is 83.2 Å². The van der Waals surface area contributed by atoms with Crippen molar-refractivity contribution in [2.24, 2.45) is 7.05 Å². The predicted molar refractivity (Wildman–Crippen MR) is 109 cm³/mol. The second kappa shape index (κ2) is 6.52. The lowest BCUT2D eigenvalue weighted by Gasteiger charge is -2.33. The van der Waals surface area contributed by atoms with Gasteiger partial charge in [-0.25, -0.2) is 9.37 Å². The maximum Gasteiger partial charge on any atom is 0.257 e. The number of halogens is 1. The normalized spacial score (nSPS) is 22.4. The van der Waals surface area contributed by atoms with Crippen LogP contribution in [-0.4, -0.2) is 32.8 Å². The second-order valence-corrected chi connectivity index (χ2v) is 8.00. The summed E-state index contributed by atoms with van der Waals surface area (Å²) in [6.07, 6.45) is 3.87. The molecule has 0 unspecified atom stereocenters. The van der Waals surface area contributed by atoms with E-state index in [4.69, 9.17) is 0 Å². The number of nitrogens with one attached hydrogen (secondary N) is 1. The monoisotopic (exact) mass is 404 g/mol. The van der Waals surface area contributed by atoms with Crippen LogP contribution in [0.3, 0.4) is 0 Å². The van der Waals surface area contributed by atoms with Gasteiger partial charge in [-0.2, -0.15) is 0 Å². The fourth-order valence-corrected chi connectivity index (χ4v) is 4.86. The molecule has 6 nitrogen and oxygen atoms in total. The van der Waals surface area contributed by atoms with Crippen molar-refractivity contribution in [1.82, 2.24) is 14.5 Å². The number of likely N-dealkylation sites (tertiary alicyclic amines) is 1. The van der Waals surface area contributed by atoms with Crippen molar-refractivity contribution in [3.63, 3.8) is 0 Å². The molecule has 1 aromatic heterocycles. The number of benzene rings is 2. The Labute approximate surface area is 173 Å². The quantitative estimate of drug-likeness (QED) is 0.712. The number of rotatable bonds is 2. The number of fused-ring (bicyclic) bond motifs is 2. The highest BCUT2D eigenvalue weighted by atomic mass is 19.1. The molecule has 5 rings (SSSR count). The molecule has 3 heterocycles. The number of carbonyl (C=O) groups excluding carboxylic acids is 2. The van der Waals surface area contributed by atoms with Crippen LogP contribution < -0.4 is 5.32 Å². The standard InChI is InChI=1S/C23H21FN4O2/c1-14-7-8-17(24)15(13-14)21(29)28-11-9-23(19(28)20-25-10-12-27(20)2)16-5-3-4-6-18(16)26-22(23)30/h3-8,10,12-13,19H,9,11H2,1-2H3,(H,26,30)/t19-,23+/m0/s1. The number of nitrogens with zero attached hydrogens (tertiary/aromatic N) is 3. The molecule has 0 saturated carbocycles. The van der Waals surface area contributed by atoms with E-state index in [0.717, 1.165) is 16.8 Å². The first-order valence-corrected chi connectivity index (χ1v) is 9.89. The number of anilines is 1. The molecule has 2 amide bonds. The molecule has 2 aliphatic heterocycles. The van der Waals surface area contributed by atoms with Gasteiger partial charge in [0.25, 0.3) is 5.91 Å². The lowest BCUT2D eigenvalue weighted by Crippen LogP contribution is -2.44. The molecule has 2 atom stereocenters. The Hall–Kier alpha value is -3.48. The summed E-state index contributed by atoms with van der Waals surface area (Å²) < 4.78 is 16.4. The molecule has 2 aromatic carbocycles. The molecule has 1 fully saturated rings. The first kappa shape index (κ1) is 18.5. The Morgan fingerprint density at radius 2 is 2.07 bits per heavy atom. The molecular formula is C23H21FN4O2. The third kappa shape index (κ3) is 2.44. The van der Waals surface area contributed by atoms with E-state index in [1.165, 1.54) is 6.07 Å². The summed E-state index contributed by atoms with van der Waals surface area (Å²) in [7, 11) is 1.84. The van der Waals surface area contributed by atoms with E-state index in [1.54, 1.807) is 29.4 Å². The summed E-state index contributed by atoms with van der Waals surface area (Å²) in [5.41, 5.74) is 1.44. The molecular weight excluding hydrogens is 383 g/mol. The molecule has 152 valence electrons. The average molecular weight is 404 g/mol. The van der Waals surface area contributed by atoms with Gasteiger partial charge >= 0.3 is 0 Å². The Kier molecular flexibility index (Phi) is 4.03. The van der Waals surface area contributed by atoms with E-state index in [9.17, 15) is 14.0 Å². The predicted octanol–water partition coefficient (Wildman–Crippen LogP) is 3.34. The summed E-state index contributed by atoms with van der Waals surface area (Å²) in [6.45, 7) is 2.14. The molecule has 3 aromatic rings. The summed E-state index contributed by atoms with van der Waals surface area (Å²) in [6, 6.07) is 11.4. The molecule has 1 spiro atoms. The van der Waals surface area contributed by atoms with Crippen molar-refractivity contribution in [3.8, 4) is 0 Å².